The zero-order chi connectivity index (χ0) is 15.5. The number of nitrogens with one attached hydrogen (secondary N) is 1. The van der Waals surface area contributed by atoms with Crippen molar-refractivity contribution in [2.45, 2.75) is 13.5 Å². The standard InChI is InChI=1S/C17H16N2O2S/c1-2-21-13-9-7-12(8-10-13)11-19-16(20)14-5-3-4-6-15(14)18-17(19)22/h3-10H,2,11H2,1H3,(H,18,22). The van der Waals surface area contributed by atoms with E-state index in [9.17, 15) is 4.79 Å². The maximum Gasteiger partial charge on any atom is 0.262 e. The summed E-state index contributed by atoms with van der Waals surface area (Å²) in [5.41, 5.74) is 1.69. The van der Waals surface area contributed by atoms with E-state index in [1.54, 1.807) is 10.6 Å². The molecule has 0 amide bonds. The van der Waals surface area contributed by atoms with Crippen LogP contribution in [0.25, 0.3) is 10.9 Å². The Balaban J connectivity index is 2.00. The molecule has 4 nitrogen and oxygen atoms in total. The summed E-state index contributed by atoms with van der Waals surface area (Å²) in [4.78, 5) is 15.7. The van der Waals surface area contributed by atoms with E-state index in [2.05, 4.69) is 4.98 Å². The maximum atomic E-state index is 12.6. The first kappa shape index (κ1) is 14.5. The number of para-hydroxylation sites is 1. The quantitative estimate of drug-likeness (QED) is 0.750. The number of ether oxygens (including phenoxy) is 1. The van der Waals surface area contributed by atoms with Gasteiger partial charge in [0.2, 0.25) is 0 Å². The highest BCUT2D eigenvalue weighted by molar-refractivity contribution is 7.71. The van der Waals surface area contributed by atoms with Crippen molar-refractivity contribution in [1.29, 1.82) is 0 Å². The fourth-order valence-electron chi connectivity index (χ4n) is 2.38. The Morgan fingerprint density at radius 3 is 2.59 bits per heavy atom. The van der Waals surface area contributed by atoms with Crippen LogP contribution < -0.4 is 10.3 Å². The molecular weight excluding hydrogens is 296 g/mol. The molecule has 1 N–H and O–H groups in total. The molecule has 0 spiro atoms. The van der Waals surface area contributed by atoms with Gasteiger partial charge in [-0.05, 0) is 49.0 Å². The number of benzene rings is 2. The molecule has 0 bridgehead atoms. The van der Waals surface area contributed by atoms with Gasteiger partial charge in [0.1, 0.15) is 5.75 Å². The molecule has 2 aromatic carbocycles. The van der Waals surface area contributed by atoms with E-state index in [-0.39, 0.29) is 5.56 Å². The molecule has 0 saturated heterocycles. The highest BCUT2D eigenvalue weighted by Crippen LogP contribution is 2.13. The minimum Gasteiger partial charge on any atom is -0.494 e. The van der Waals surface area contributed by atoms with Crippen LogP contribution in [0, 0.1) is 4.77 Å². The van der Waals surface area contributed by atoms with Crippen LogP contribution in [-0.2, 0) is 6.54 Å². The Labute approximate surface area is 133 Å². The van der Waals surface area contributed by atoms with Crippen LogP contribution in [0.1, 0.15) is 12.5 Å². The van der Waals surface area contributed by atoms with Gasteiger partial charge in [0.25, 0.3) is 5.56 Å². The first-order valence-corrected chi connectivity index (χ1v) is 7.53. The zero-order valence-corrected chi connectivity index (χ0v) is 13.0. The van der Waals surface area contributed by atoms with Gasteiger partial charge in [0.05, 0.1) is 24.1 Å². The van der Waals surface area contributed by atoms with Crippen molar-refractivity contribution in [1.82, 2.24) is 9.55 Å². The smallest absolute Gasteiger partial charge is 0.262 e. The Morgan fingerprint density at radius 1 is 1.14 bits per heavy atom. The van der Waals surface area contributed by atoms with Crippen LogP contribution in [0.4, 0.5) is 0 Å². The van der Waals surface area contributed by atoms with Crippen molar-refractivity contribution in [2.24, 2.45) is 0 Å². The SMILES string of the molecule is CCOc1ccc(Cn2c(=S)[nH]c3ccccc3c2=O)cc1. The lowest BCUT2D eigenvalue weighted by Crippen LogP contribution is -2.22. The minimum absolute atomic E-state index is 0.0757. The molecular formula is C17H16N2O2S. The number of nitrogens with zero attached hydrogens (tertiary/aromatic N) is 1. The molecule has 0 aliphatic carbocycles. The van der Waals surface area contributed by atoms with E-state index >= 15 is 0 Å². The Kier molecular flexibility index (Phi) is 4.06. The topological polar surface area (TPSA) is 47.0 Å². The number of fused-ring (bicyclic) bond motifs is 1. The van der Waals surface area contributed by atoms with Gasteiger partial charge in [-0.25, -0.2) is 0 Å². The fraction of sp³-hybridized carbons (Fsp3) is 0.176. The summed E-state index contributed by atoms with van der Waals surface area (Å²) in [6, 6.07) is 15.1. The van der Waals surface area contributed by atoms with E-state index in [1.807, 2.05) is 49.4 Å². The van der Waals surface area contributed by atoms with Gasteiger partial charge in [-0.3, -0.25) is 9.36 Å². The third kappa shape index (κ3) is 2.80. The first-order valence-electron chi connectivity index (χ1n) is 7.12. The number of hydrogen-bond donors (Lipinski definition) is 1. The number of aromatic nitrogens is 2. The third-order valence-corrected chi connectivity index (χ3v) is 3.79. The second-order valence-electron chi connectivity index (χ2n) is 4.94. The van der Waals surface area contributed by atoms with Crippen LogP contribution in [0.5, 0.6) is 5.75 Å². The molecule has 22 heavy (non-hydrogen) atoms. The van der Waals surface area contributed by atoms with E-state index in [0.29, 0.717) is 23.3 Å². The normalized spacial score (nSPS) is 10.8. The largest absolute Gasteiger partial charge is 0.494 e. The summed E-state index contributed by atoms with van der Waals surface area (Å²) < 4.78 is 7.43. The van der Waals surface area contributed by atoms with Crippen molar-refractivity contribution in [3.8, 4) is 5.75 Å². The highest BCUT2D eigenvalue weighted by Gasteiger charge is 2.06. The predicted molar refractivity (Wildman–Crippen MR) is 90.1 cm³/mol. The summed E-state index contributed by atoms with van der Waals surface area (Å²) >= 11 is 5.32. The predicted octanol–water partition coefficient (Wildman–Crippen LogP) is 3.51. The van der Waals surface area contributed by atoms with Crippen molar-refractivity contribution in [3.05, 3.63) is 69.2 Å². The van der Waals surface area contributed by atoms with Crippen molar-refractivity contribution in [2.75, 3.05) is 6.61 Å². The van der Waals surface area contributed by atoms with Crippen molar-refractivity contribution in [3.63, 3.8) is 0 Å². The molecule has 0 radical (unpaired) electrons. The van der Waals surface area contributed by atoms with E-state index in [0.717, 1.165) is 16.8 Å². The van der Waals surface area contributed by atoms with Gasteiger partial charge in [-0.15, -0.1) is 0 Å². The maximum absolute atomic E-state index is 12.6. The Bertz CT molecular complexity index is 910. The molecule has 0 unspecified atom stereocenters. The second kappa shape index (κ2) is 6.15. The van der Waals surface area contributed by atoms with Crippen LogP contribution >= 0.6 is 12.2 Å². The monoisotopic (exact) mass is 312 g/mol. The summed E-state index contributed by atoms with van der Waals surface area (Å²) in [5, 5.41) is 0.641. The number of hydrogen-bond acceptors (Lipinski definition) is 3. The number of rotatable bonds is 4. The molecule has 0 atom stereocenters. The van der Waals surface area contributed by atoms with Gasteiger partial charge >= 0.3 is 0 Å². The number of H-pyrrole nitrogens is 1. The molecule has 1 heterocycles. The van der Waals surface area contributed by atoms with E-state index < -0.39 is 0 Å². The lowest BCUT2D eigenvalue weighted by Gasteiger charge is -2.09. The summed E-state index contributed by atoms with van der Waals surface area (Å²) in [6.07, 6.45) is 0. The van der Waals surface area contributed by atoms with Gasteiger partial charge in [0.15, 0.2) is 4.77 Å². The fourth-order valence-corrected chi connectivity index (χ4v) is 2.64. The lowest BCUT2D eigenvalue weighted by molar-refractivity contribution is 0.340. The highest BCUT2D eigenvalue weighted by atomic mass is 32.1. The van der Waals surface area contributed by atoms with Gasteiger partial charge in [-0.2, -0.15) is 0 Å². The molecule has 112 valence electrons. The average molecular weight is 312 g/mol. The molecule has 0 aliphatic heterocycles. The van der Waals surface area contributed by atoms with Crippen LogP contribution in [0.15, 0.2) is 53.3 Å². The van der Waals surface area contributed by atoms with E-state index in [4.69, 9.17) is 17.0 Å². The number of aromatic amines is 1. The molecule has 3 rings (SSSR count). The average Bonchev–Trinajstić information content (AvgIpc) is 2.53. The summed E-state index contributed by atoms with van der Waals surface area (Å²) in [6.45, 7) is 3.02. The van der Waals surface area contributed by atoms with Gasteiger partial charge in [-0.1, -0.05) is 24.3 Å². The molecule has 0 aliphatic rings. The van der Waals surface area contributed by atoms with Crippen molar-refractivity contribution >= 4 is 23.1 Å². The zero-order valence-electron chi connectivity index (χ0n) is 12.2. The molecule has 0 saturated carbocycles. The Morgan fingerprint density at radius 2 is 1.86 bits per heavy atom. The third-order valence-electron chi connectivity index (χ3n) is 3.46. The Hall–Kier alpha value is -2.40. The van der Waals surface area contributed by atoms with Crippen LogP contribution in [0.3, 0.4) is 0 Å². The summed E-state index contributed by atoms with van der Waals surface area (Å²) in [5.74, 6) is 0.822. The van der Waals surface area contributed by atoms with Gasteiger partial charge < -0.3 is 9.72 Å². The molecule has 3 aromatic rings. The van der Waals surface area contributed by atoms with Crippen LogP contribution in [-0.4, -0.2) is 16.2 Å². The van der Waals surface area contributed by atoms with E-state index in [1.165, 1.54) is 0 Å². The first-order chi connectivity index (χ1) is 10.7. The molecule has 5 heteroatoms. The van der Waals surface area contributed by atoms with Crippen molar-refractivity contribution < 1.29 is 4.74 Å². The molecule has 1 aromatic heterocycles. The lowest BCUT2D eigenvalue weighted by atomic mass is 10.2. The van der Waals surface area contributed by atoms with Gasteiger partial charge in [0, 0.05) is 0 Å². The summed E-state index contributed by atoms with van der Waals surface area (Å²) in [7, 11) is 0. The second-order valence-corrected chi connectivity index (χ2v) is 5.33. The van der Waals surface area contributed by atoms with Crippen LogP contribution in [0.2, 0.25) is 0 Å². The minimum atomic E-state index is -0.0757. The molecule has 0 fully saturated rings.